The molecule has 3 atom stereocenters. The lowest BCUT2D eigenvalue weighted by molar-refractivity contribution is -0.383. The zero-order valence-electron chi connectivity index (χ0n) is 20.5. The predicted octanol–water partition coefficient (Wildman–Crippen LogP) is 5.85. The minimum Gasteiger partial charge on any atom is -0.363 e. The van der Waals surface area contributed by atoms with Crippen LogP contribution in [0, 0.1) is 27.4 Å². The van der Waals surface area contributed by atoms with E-state index in [-0.39, 0.29) is 26.7 Å². The Morgan fingerprint density at radius 2 is 1.88 bits per heavy atom. The second-order valence-electron chi connectivity index (χ2n) is 8.67. The first kappa shape index (κ1) is 30.1. The molecule has 0 fully saturated rings. The van der Waals surface area contributed by atoms with Crippen LogP contribution < -0.4 is 10.6 Å². The summed E-state index contributed by atoms with van der Waals surface area (Å²) in [5, 5.41) is 37.8. The maximum Gasteiger partial charge on any atom is 0.437 e. The second-order valence-corrected chi connectivity index (χ2v) is 11.0. The number of benzene rings is 2. The summed E-state index contributed by atoms with van der Waals surface area (Å²) >= 11 is 7.67. The topological polar surface area (TPSA) is 145 Å². The molecule has 1 amide bonds. The summed E-state index contributed by atoms with van der Waals surface area (Å²) < 4.78 is 43.9. The summed E-state index contributed by atoms with van der Waals surface area (Å²) in [6, 6.07) is 15.6. The lowest BCUT2D eigenvalue weighted by Gasteiger charge is -2.45. The molecular weight excluding hydrogens is 605 g/mol. The number of alkyl halides is 3. The van der Waals surface area contributed by atoms with E-state index in [0.29, 0.717) is 11.8 Å². The van der Waals surface area contributed by atoms with Crippen LogP contribution in [0.1, 0.15) is 21.2 Å². The monoisotopic (exact) mass is 622 g/mol. The largest absolute Gasteiger partial charge is 0.437 e. The maximum atomic E-state index is 14.6. The molecular formula is C26H18ClF3N4O5S2. The number of nitriles is 1. The number of amides is 1. The van der Waals surface area contributed by atoms with Crippen LogP contribution in [0.5, 0.6) is 0 Å². The van der Waals surface area contributed by atoms with E-state index < -0.39 is 56.8 Å². The molecule has 0 spiro atoms. The fourth-order valence-corrected chi connectivity index (χ4v) is 6.25. The molecule has 1 aromatic heterocycles. The number of nitrogens with zero attached hydrogens (tertiary/aromatic N) is 2. The molecule has 0 radical (unpaired) electrons. The molecule has 41 heavy (non-hydrogen) atoms. The average Bonchev–Trinajstić information content (AvgIpc) is 3.46. The van der Waals surface area contributed by atoms with Gasteiger partial charge in [-0.05, 0) is 29.1 Å². The Labute approximate surface area is 243 Å². The summed E-state index contributed by atoms with van der Waals surface area (Å²) in [6.45, 7) is 0. The number of allylic oxidation sites excluding steroid dienone is 1. The Morgan fingerprint density at radius 3 is 2.49 bits per heavy atom. The molecule has 4 rings (SSSR count). The van der Waals surface area contributed by atoms with Gasteiger partial charge in [0.2, 0.25) is 11.6 Å². The highest BCUT2D eigenvalue weighted by Gasteiger charge is 2.66. The minimum absolute atomic E-state index is 0.00717. The maximum absolute atomic E-state index is 14.6. The van der Waals surface area contributed by atoms with Crippen molar-refractivity contribution in [2.24, 2.45) is 5.92 Å². The third-order valence-corrected chi connectivity index (χ3v) is 8.45. The first-order chi connectivity index (χ1) is 19.4. The number of nitro benzene ring substituents is 1. The normalized spacial score (nSPS) is 20.6. The van der Waals surface area contributed by atoms with Crippen molar-refractivity contribution in [1.29, 1.82) is 5.26 Å². The van der Waals surface area contributed by atoms with Crippen LogP contribution in [0.15, 0.2) is 76.6 Å². The number of hydrogen-bond donors (Lipinski definition) is 3. The first-order valence-electron chi connectivity index (χ1n) is 11.6. The molecule has 15 heteroatoms. The van der Waals surface area contributed by atoms with Gasteiger partial charge in [0, 0.05) is 17.0 Å². The number of rotatable bonds is 8. The highest BCUT2D eigenvalue weighted by molar-refractivity contribution is 8.03. The molecule has 212 valence electrons. The van der Waals surface area contributed by atoms with Gasteiger partial charge in [0.25, 0.3) is 5.69 Å². The van der Waals surface area contributed by atoms with Crippen molar-refractivity contribution >= 4 is 57.8 Å². The van der Waals surface area contributed by atoms with E-state index in [2.05, 4.69) is 5.32 Å². The van der Waals surface area contributed by atoms with Gasteiger partial charge in [0.1, 0.15) is 5.69 Å². The van der Waals surface area contributed by atoms with Crippen LogP contribution >= 0.6 is 34.7 Å². The van der Waals surface area contributed by atoms with Crippen LogP contribution in [0.4, 0.5) is 24.5 Å². The number of nitrogens with one attached hydrogen (secondary N) is 2. The number of hydrogen-bond acceptors (Lipinski definition) is 9. The molecule has 9 nitrogen and oxygen atoms in total. The quantitative estimate of drug-likeness (QED) is 0.161. The van der Waals surface area contributed by atoms with E-state index in [4.69, 9.17) is 11.6 Å². The van der Waals surface area contributed by atoms with E-state index in [1.165, 1.54) is 60.0 Å². The smallest absolute Gasteiger partial charge is 0.363 e. The second kappa shape index (κ2) is 11.9. The number of thioether (sulfide) groups is 1. The molecule has 1 aliphatic rings. The average molecular weight is 623 g/mol. The third kappa shape index (κ3) is 5.94. The number of carbonyl (C=O) groups excluding carboxylic acids is 2. The number of Topliss-reactive ketones (excluding diaryl/α,β-unsaturated/α-hetero) is 1. The zero-order chi connectivity index (χ0) is 29.9. The van der Waals surface area contributed by atoms with Gasteiger partial charge in [-0.15, -0.1) is 11.3 Å². The minimum atomic E-state index is -5.43. The predicted molar refractivity (Wildman–Crippen MR) is 147 cm³/mol. The van der Waals surface area contributed by atoms with E-state index in [1.807, 2.05) is 11.4 Å². The van der Waals surface area contributed by atoms with Crippen LogP contribution in [0.3, 0.4) is 0 Å². The fourth-order valence-electron chi connectivity index (χ4n) is 4.39. The molecule has 3 aromatic rings. The van der Waals surface area contributed by atoms with Gasteiger partial charge >= 0.3 is 6.18 Å². The lowest BCUT2D eigenvalue weighted by atomic mass is 9.70. The van der Waals surface area contributed by atoms with Gasteiger partial charge in [-0.2, -0.15) is 18.4 Å². The van der Waals surface area contributed by atoms with Gasteiger partial charge in [-0.1, -0.05) is 59.8 Å². The van der Waals surface area contributed by atoms with Crippen molar-refractivity contribution in [3.63, 3.8) is 0 Å². The van der Waals surface area contributed by atoms with Gasteiger partial charge in [0.15, 0.2) is 5.78 Å². The lowest BCUT2D eigenvalue weighted by Crippen LogP contribution is -2.66. The van der Waals surface area contributed by atoms with E-state index in [1.54, 1.807) is 0 Å². The summed E-state index contributed by atoms with van der Waals surface area (Å²) in [4.78, 5) is 36.7. The number of halogens is 4. The molecule has 3 N–H and O–H groups in total. The standard InChI is InChI=1S/C26H18ClF3N4O5S2/c27-16-7-2-1-6-14(16)21-15(12-31)24(41-13-20(35)32-17-8-3-4-9-18(17)34(38)39)33-25(37,26(28,29)30)22(21)23(36)19-10-5-11-40-19/h1-11,21-22,33,37H,13H2,(H,32,35)/t21-,22+,25-/m1/s1. The third-order valence-electron chi connectivity index (χ3n) is 6.20. The number of aliphatic hydroxyl groups is 1. The van der Waals surface area contributed by atoms with Crippen LogP contribution in [0.2, 0.25) is 5.02 Å². The molecule has 0 aliphatic carbocycles. The Hall–Kier alpha value is -3.90. The molecule has 0 saturated carbocycles. The summed E-state index contributed by atoms with van der Waals surface area (Å²) in [5.41, 5.74) is -4.78. The van der Waals surface area contributed by atoms with Gasteiger partial charge < -0.3 is 15.7 Å². The molecule has 0 bridgehead atoms. The number of ketones is 1. The molecule has 2 aromatic carbocycles. The Balaban J connectivity index is 1.79. The summed E-state index contributed by atoms with van der Waals surface area (Å²) in [5.74, 6) is -6.43. The number of carbonyl (C=O) groups is 2. The number of para-hydroxylation sites is 2. The van der Waals surface area contributed by atoms with Crippen molar-refractivity contribution in [2.75, 3.05) is 11.1 Å². The van der Waals surface area contributed by atoms with Gasteiger partial charge in [-0.25, -0.2) is 0 Å². The number of anilines is 1. The van der Waals surface area contributed by atoms with Crippen LogP contribution in [0.25, 0.3) is 0 Å². The van der Waals surface area contributed by atoms with Crippen molar-refractivity contribution < 1.29 is 32.8 Å². The molecule has 0 unspecified atom stereocenters. The van der Waals surface area contributed by atoms with E-state index in [9.17, 15) is 43.2 Å². The van der Waals surface area contributed by atoms with E-state index in [0.717, 1.165) is 17.4 Å². The summed E-state index contributed by atoms with van der Waals surface area (Å²) in [7, 11) is 0. The molecule has 2 heterocycles. The van der Waals surface area contributed by atoms with Crippen molar-refractivity contribution in [3.05, 3.63) is 102 Å². The Morgan fingerprint density at radius 1 is 1.20 bits per heavy atom. The fraction of sp³-hybridized carbons (Fsp3) is 0.192. The van der Waals surface area contributed by atoms with Gasteiger partial charge in [0.05, 0.1) is 38.1 Å². The Bertz CT molecular complexity index is 1580. The molecule has 1 aliphatic heterocycles. The molecule has 0 saturated heterocycles. The Kier molecular flexibility index (Phi) is 8.74. The van der Waals surface area contributed by atoms with Crippen molar-refractivity contribution in [3.8, 4) is 6.07 Å². The zero-order valence-corrected chi connectivity index (χ0v) is 22.9. The van der Waals surface area contributed by atoms with Crippen molar-refractivity contribution in [1.82, 2.24) is 5.32 Å². The number of nitro groups is 1. The van der Waals surface area contributed by atoms with E-state index >= 15 is 0 Å². The SMILES string of the molecule is N#CC1=C(SCC(=O)Nc2ccccc2[N+](=O)[O-])N[C@](O)(C(F)(F)F)[C@H](C(=O)c2cccs2)[C@@H]1c1ccccc1Cl. The first-order valence-corrected chi connectivity index (χ1v) is 13.8. The summed E-state index contributed by atoms with van der Waals surface area (Å²) in [6.07, 6.45) is -5.43. The van der Waals surface area contributed by atoms with Gasteiger partial charge in [-0.3, -0.25) is 19.7 Å². The highest BCUT2D eigenvalue weighted by atomic mass is 35.5. The van der Waals surface area contributed by atoms with Crippen LogP contribution in [-0.2, 0) is 4.79 Å². The number of thiophene rings is 1. The highest BCUT2D eigenvalue weighted by Crippen LogP contribution is 2.52. The van der Waals surface area contributed by atoms with Crippen molar-refractivity contribution in [2.45, 2.75) is 17.8 Å². The van der Waals surface area contributed by atoms with Crippen LogP contribution in [-0.4, -0.2) is 39.4 Å².